The first-order chi connectivity index (χ1) is 16.8. The van der Waals surface area contributed by atoms with Crippen LogP contribution in [-0.2, 0) is 14.8 Å². The van der Waals surface area contributed by atoms with Crippen LogP contribution in [0.25, 0.3) is 16.6 Å². The molecule has 0 fully saturated rings. The van der Waals surface area contributed by atoms with Crippen LogP contribution in [0.1, 0.15) is 16.2 Å². The van der Waals surface area contributed by atoms with Crippen LogP contribution in [0.4, 0.5) is 5.69 Å². The third-order valence-corrected chi connectivity index (χ3v) is 6.52. The highest BCUT2D eigenvalue weighted by Gasteiger charge is 2.21. The highest BCUT2D eigenvalue weighted by atomic mass is 35.5. The van der Waals surface area contributed by atoms with Gasteiger partial charge in [-0.1, -0.05) is 35.9 Å². The number of carbonyl (C=O) groups excluding carboxylic acids is 1. The van der Waals surface area contributed by atoms with E-state index in [1.807, 2.05) is 6.07 Å². The Bertz CT molecular complexity index is 1560. The molecule has 3 aromatic carbocycles. The van der Waals surface area contributed by atoms with E-state index in [1.54, 1.807) is 30.3 Å². The number of halogens is 1. The number of aliphatic hydroxyl groups is 1. The van der Waals surface area contributed by atoms with Crippen molar-refractivity contribution in [3.8, 4) is 6.07 Å². The lowest BCUT2D eigenvalue weighted by Gasteiger charge is -2.12. The SMILES string of the molecule is N#C/C(=C(/O)COC(=O)c1ccccc1NS(=O)(=O)c1ccc(Cl)cc1)c1nc2ccccc2[nH]1. The van der Waals surface area contributed by atoms with E-state index in [9.17, 15) is 23.6 Å². The van der Waals surface area contributed by atoms with Crippen LogP contribution >= 0.6 is 11.6 Å². The van der Waals surface area contributed by atoms with Crippen LogP contribution in [0.3, 0.4) is 0 Å². The predicted octanol–water partition coefficient (Wildman–Crippen LogP) is 4.67. The highest BCUT2D eigenvalue weighted by molar-refractivity contribution is 7.92. The number of nitrogens with one attached hydrogen (secondary N) is 2. The standard InChI is InChI=1S/C24H17ClN4O5S/c25-15-9-11-16(12-10-15)35(32,33)29-19-6-2-1-5-17(19)24(31)34-14-22(30)18(13-26)23-27-20-7-3-4-8-21(20)28-23/h1-12,29-30H,14H2,(H,27,28)/b22-18-. The molecule has 0 saturated heterocycles. The first-order valence-corrected chi connectivity index (χ1v) is 12.0. The van der Waals surface area contributed by atoms with Gasteiger partial charge in [-0.05, 0) is 48.5 Å². The number of ether oxygens (including phenoxy) is 1. The van der Waals surface area contributed by atoms with Crippen molar-refractivity contribution in [2.45, 2.75) is 4.90 Å². The van der Waals surface area contributed by atoms with Gasteiger partial charge in [0.2, 0.25) is 0 Å². The Morgan fingerprint density at radius 2 is 1.77 bits per heavy atom. The van der Waals surface area contributed by atoms with Crippen molar-refractivity contribution in [1.29, 1.82) is 5.26 Å². The number of aliphatic hydroxyl groups excluding tert-OH is 1. The number of rotatable bonds is 7. The van der Waals surface area contributed by atoms with E-state index < -0.39 is 28.4 Å². The zero-order valence-electron chi connectivity index (χ0n) is 17.9. The van der Waals surface area contributed by atoms with Gasteiger partial charge >= 0.3 is 5.97 Å². The van der Waals surface area contributed by atoms with Crippen molar-refractivity contribution < 1.29 is 23.1 Å². The summed E-state index contributed by atoms with van der Waals surface area (Å²) >= 11 is 5.81. The molecule has 4 rings (SSSR count). The lowest BCUT2D eigenvalue weighted by molar-refractivity contribution is 0.0504. The molecule has 0 aliphatic rings. The van der Waals surface area contributed by atoms with Crippen molar-refractivity contribution in [1.82, 2.24) is 9.97 Å². The topological polar surface area (TPSA) is 145 Å². The Kier molecular flexibility index (Phi) is 6.73. The van der Waals surface area contributed by atoms with E-state index in [1.165, 1.54) is 42.5 Å². The lowest BCUT2D eigenvalue weighted by atomic mass is 10.2. The van der Waals surface area contributed by atoms with Crippen LogP contribution in [-0.4, -0.2) is 36.1 Å². The summed E-state index contributed by atoms with van der Waals surface area (Å²) in [5.74, 6) is -1.30. The van der Waals surface area contributed by atoms with E-state index in [0.29, 0.717) is 16.1 Å². The summed E-state index contributed by atoms with van der Waals surface area (Å²) in [5, 5.41) is 20.3. The molecular weight excluding hydrogens is 492 g/mol. The summed E-state index contributed by atoms with van der Waals surface area (Å²) in [6.45, 7) is -0.628. The fraction of sp³-hybridized carbons (Fsp3) is 0.0417. The molecule has 176 valence electrons. The lowest BCUT2D eigenvalue weighted by Crippen LogP contribution is -2.17. The third kappa shape index (κ3) is 5.27. The summed E-state index contributed by atoms with van der Waals surface area (Å²) in [5.41, 5.74) is 0.975. The molecule has 0 aliphatic heterocycles. The van der Waals surface area contributed by atoms with Crippen molar-refractivity contribution >= 4 is 49.9 Å². The Morgan fingerprint density at radius 3 is 2.49 bits per heavy atom. The second kappa shape index (κ2) is 9.89. The van der Waals surface area contributed by atoms with Gasteiger partial charge in [-0.2, -0.15) is 5.26 Å². The van der Waals surface area contributed by atoms with Crippen LogP contribution in [0, 0.1) is 11.3 Å². The number of fused-ring (bicyclic) bond motifs is 1. The molecule has 0 unspecified atom stereocenters. The van der Waals surface area contributed by atoms with E-state index >= 15 is 0 Å². The minimum atomic E-state index is -4.01. The van der Waals surface area contributed by atoms with Gasteiger partial charge in [-0.15, -0.1) is 0 Å². The molecule has 1 aromatic heterocycles. The van der Waals surface area contributed by atoms with Crippen LogP contribution in [0.5, 0.6) is 0 Å². The van der Waals surface area contributed by atoms with E-state index in [-0.39, 0.29) is 27.5 Å². The monoisotopic (exact) mass is 508 g/mol. The summed E-state index contributed by atoms with van der Waals surface area (Å²) in [4.78, 5) is 19.8. The molecule has 0 saturated carbocycles. The van der Waals surface area contributed by atoms with Crippen molar-refractivity contribution in [2.75, 3.05) is 11.3 Å². The Labute approximate surface area is 205 Å². The number of aromatic amines is 1. The molecule has 1 heterocycles. The molecule has 4 aromatic rings. The molecule has 0 atom stereocenters. The minimum Gasteiger partial charge on any atom is -0.507 e. The average molecular weight is 509 g/mol. The fourth-order valence-corrected chi connectivity index (χ4v) is 4.38. The predicted molar refractivity (Wildman–Crippen MR) is 130 cm³/mol. The zero-order valence-corrected chi connectivity index (χ0v) is 19.5. The highest BCUT2D eigenvalue weighted by Crippen LogP contribution is 2.23. The smallest absolute Gasteiger partial charge is 0.340 e. The zero-order chi connectivity index (χ0) is 25.0. The van der Waals surface area contributed by atoms with Gasteiger partial charge in [0, 0.05) is 5.02 Å². The number of allylic oxidation sites excluding steroid dienone is 1. The first kappa shape index (κ1) is 23.8. The van der Waals surface area contributed by atoms with Crippen molar-refractivity contribution in [3.63, 3.8) is 0 Å². The number of benzene rings is 3. The molecule has 35 heavy (non-hydrogen) atoms. The minimum absolute atomic E-state index is 0.0197. The van der Waals surface area contributed by atoms with E-state index in [0.717, 1.165) is 0 Å². The number of esters is 1. The van der Waals surface area contributed by atoms with Crippen molar-refractivity contribution in [2.24, 2.45) is 0 Å². The number of para-hydroxylation sites is 3. The average Bonchev–Trinajstić information content (AvgIpc) is 3.27. The first-order valence-electron chi connectivity index (χ1n) is 10.1. The Balaban J connectivity index is 1.53. The fourth-order valence-electron chi connectivity index (χ4n) is 3.18. The number of carbonyl (C=O) groups is 1. The van der Waals surface area contributed by atoms with Gasteiger partial charge < -0.3 is 14.8 Å². The molecule has 0 spiro atoms. The van der Waals surface area contributed by atoms with Crippen LogP contribution < -0.4 is 4.72 Å². The summed E-state index contributed by atoms with van der Waals surface area (Å²) < 4.78 is 32.9. The second-order valence-electron chi connectivity index (χ2n) is 7.22. The quantitative estimate of drug-likeness (QED) is 0.187. The number of sulfonamides is 1. The Hall–Kier alpha value is -4.33. The number of hydrogen-bond acceptors (Lipinski definition) is 7. The van der Waals surface area contributed by atoms with Gasteiger partial charge in [0.25, 0.3) is 10.0 Å². The number of anilines is 1. The summed E-state index contributed by atoms with van der Waals surface area (Å²) in [6, 6.07) is 20.3. The maximum absolute atomic E-state index is 12.7. The molecule has 0 aliphatic carbocycles. The molecule has 0 bridgehead atoms. The molecule has 9 nitrogen and oxygen atoms in total. The number of imidazole rings is 1. The molecule has 3 N–H and O–H groups in total. The van der Waals surface area contributed by atoms with Crippen molar-refractivity contribution in [3.05, 3.63) is 95.0 Å². The molecule has 0 radical (unpaired) electrons. The third-order valence-electron chi connectivity index (χ3n) is 4.88. The molecule has 0 amide bonds. The van der Waals surface area contributed by atoms with Crippen LogP contribution in [0.15, 0.2) is 83.5 Å². The van der Waals surface area contributed by atoms with Gasteiger partial charge in [-0.25, -0.2) is 18.2 Å². The summed E-state index contributed by atoms with van der Waals surface area (Å²) in [6.07, 6.45) is 0. The number of H-pyrrole nitrogens is 1. The number of aromatic nitrogens is 2. The van der Waals surface area contributed by atoms with Gasteiger partial charge in [-0.3, -0.25) is 4.72 Å². The summed E-state index contributed by atoms with van der Waals surface area (Å²) in [7, 11) is -4.01. The molecule has 11 heteroatoms. The maximum atomic E-state index is 12.7. The van der Waals surface area contributed by atoms with E-state index in [2.05, 4.69) is 14.7 Å². The normalized spacial score (nSPS) is 12.0. The van der Waals surface area contributed by atoms with Gasteiger partial charge in [0.1, 0.15) is 18.2 Å². The number of nitrogens with zero attached hydrogens (tertiary/aromatic N) is 2. The van der Waals surface area contributed by atoms with E-state index in [4.69, 9.17) is 16.3 Å². The second-order valence-corrected chi connectivity index (χ2v) is 9.34. The largest absolute Gasteiger partial charge is 0.507 e. The molecular formula is C24H17ClN4O5S. The van der Waals surface area contributed by atoms with Gasteiger partial charge in [0.15, 0.2) is 11.6 Å². The number of hydrogen-bond donors (Lipinski definition) is 3. The Morgan fingerprint density at radius 1 is 1.09 bits per heavy atom. The van der Waals surface area contributed by atoms with Crippen LogP contribution in [0.2, 0.25) is 5.02 Å². The number of nitriles is 1. The van der Waals surface area contributed by atoms with Gasteiger partial charge in [0.05, 0.1) is 27.2 Å². The maximum Gasteiger partial charge on any atom is 0.340 e.